The van der Waals surface area contributed by atoms with E-state index in [4.69, 9.17) is 30.0 Å². The fourth-order valence-corrected chi connectivity index (χ4v) is 3.36. The second-order valence-electron chi connectivity index (χ2n) is 7.36. The van der Waals surface area contributed by atoms with Crippen molar-refractivity contribution in [3.63, 3.8) is 0 Å². The normalized spacial score (nSPS) is 17.8. The molecule has 0 atom stereocenters. The molecule has 2 aliphatic carbocycles. The molecule has 0 aromatic heterocycles. The van der Waals surface area contributed by atoms with Gasteiger partial charge in [-0.2, -0.15) is 0 Å². The molecular weight excluding hydrogens is 340 g/mol. The van der Waals surface area contributed by atoms with Gasteiger partial charge in [0.25, 0.3) is 0 Å². The van der Waals surface area contributed by atoms with Crippen molar-refractivity contribution in [2.75, 3.05) is 28.2 Å². The van der Waals surface area contributed by atoms with E-state index in [1.54, 1.807) is 9.80 Å². The summed E-state index contributed by atoms with van der Waals surface area (Å²) >= 11 is 0. The molecule has 26 heavy (non-hydrogen) atoms. The van der Waals surface area contributed by atoms with Crippen LogP contribution in [0.1, 0.15) is 64.2 Å². The molecular formula is C18H38N2O6. The van der Waals surface area contributed by atoms with Crippen molar-refractivity contribution in [3.05, 3.63) is 0 Å². The Morgan fingerprint density at radius 2 is 0.846 bits per heavy atom. The summed E-state index contributed by atoms with van der Waals surface area (Å²) in [6, 6.07) is 1.94. The van der Waals surface area contributed by atoms with Gasteiger partial charge in [0.15, 0.2) is 0 Å². The maximum absolute atomic E-state index is 8.44. The number of hydrogen-bond donors (Lipinski definition) is 4. The fraction of sp³-hybridized carbons (Fsp3) is 0.889. The number of quaternary nitrogens is 2. The van der Waals surface area contributed by atoms with E-state index in [0.29, 0.717) is 0 Å². The molecule has 4 N–H and O–H groups in total. The zero-order chi connectivity index (χ0) is 20.5. The van der Waals surface area contributed by atoms with E-state index in [-0.39, 0.29) is 0 Å². The lowest BCUT2D eigenvalue weighted by atomic mass is 9.95. The number of carboxylic acid groups (broad SMARTS) is 4. The molecule has 2 aliphatic rings. The third-order valence-corrected chi connectivity index (χ3v) is 4.84. The van der Waals surface area contributed by atoms with Gasteiger partial charge in [-0.3, -0.25) is 0 Å². The molecule has 2 rings (SSSR count). The highest BCUT2D eigenvalue weighted by Crippen LogP contribution is 2.15. The first-order valence-corrected chi connectivity index (χ1v) is 9.47. The Morgan fingerprint density at radius 1 is 0.654 bits per heavy atom. The van der Waals surface area contributed by atoms with E-state index in [1.807, 2.05) is 0 Å². The van der Waals surface area contributed by atoms with Gasteiger partial charge in [-0.15, -0.1) is 0 Å². The van der Waals surface area contributed by atoms with Crippen LogP contribution in [0, 0.1) is 0 Å². The smallest absolute Gasteiger partial charge is 0.249 e. The maximum atomic E-state index is 8.44. The molecule has 156 valence electrons. The Kier molecular flexibility index (Phi) is 17.3. The van der Waals surface area contributed by atoms with Crippen LogP contribution in [0.5, 0.6) is 0 Å². The van der Waals surface area contributed by atoms with Crippen molar-refractivity contribution in [3.8, 4) is 0 Å². The van der Waals surface area contributed by atoms with E-state index in [0.717, 1.165) is 12.1 Å². The van der Waals surface area contributed by atoms with E-state index < -0.39 is 12.3 Å². The lowest BCUT2D eigenvalue weighted by molar-refractivity contribution is -0.887. The van der Waals surface area contributed by atoms with E-state index in [2.05, 4.69) is 28.2 Å². The van der Waals surface area contributed by atoms with Crippen LogP contribution in [0.25, 0.3) is 0 Å². The predicted octanol–water partition coefficient (Wildman–Crippen LogP) is -1.30. The van der Waals surface area contributed by atoms with Gasteiger partial charge in [-0.25, -0.2) is 0 Å². The van der Waals surface area contributed by atoms with Gasteiger partial charge in [0, 0.05) is 0 Å². The van der Waals surface area contributed by atoms with Crippen molar-refractivity contribution in [2.24, 2.45) is 0 Å². The SMILES string of the molecule is C[NH+](C)C1CCCCC1.C[NH+](C)C1CCCCC1.O=C([O-])O.O=C([O-])O. The van der Waals surface area contributed by atoms with Crippen molar-refractivity contribution >= 4 is 12.3 Å². The van der Waals surface area contributed by atoms with Gasteiger partial charge in [-0.1, -0.05) is 12.8 Å². The van der Waals surface area contributed by atoms with Crippen molar-refractivity contribution in [2.45, 2.75) is 76.3 Å². The Labute approximate surface area is 157 Å². The zero-order valence-electron chi connectivity index (χ0n) is 16.8. The third kappa shape index (κ3) is 20.5. The summed E-state index contributed by atoms with van der Waals surface area (Å²) in [7, 11) is 9.10. The van der Waals surface area contributed by atoms with E-state index in [1.165, 1.54) is 64.2 Å². The second kappa shape index (κ2) is 16.9. The molecule has 2 fully saturated rings. The van der Waals surface area contributed by atoms with Crippen molar-refractivity contribution in [1.29, 1.82) is 0 Å². The standard InChI is InChI=1S/2C8H17N.2CH2O3/c2*1-9(2)8-6-4-3-5-7-8;2*2-1(3)4/h2*8H,3-7H2,1-2H3;2*(H2,2,3,4). The van der Waals surface area contributed by atoms with Crippen LogP contribution < -0.4 is 20.0 Å². The minimum Gasteiger partial charge on any atom is -0.565 e. The largest absolute Gasteiger partial charge is 0.565 e. The molecule has 0 spiro atoms. The van der Waals surface area contributed by atoms with Gasteiger partial charge < -0.3 is 39.8 Å². The van der Waals surface area contributed by atoms with Gasteiger partial charge >= 0.3 is 0 Å². The number of hydrogen-bond acceptors (Lipinski definition) is 4. The predicted molar refractivity (Wildman–Crippen MR) is 95.4 cm³/mol. The molecule has 8 heteroatoms. The highest BCUT2D eigenvalue weighted by molar-refractivity contribution is 5.50. The summed E-state index contributed by atoms with van der Waals surface area (Å²) in [5.41, 5.74) is 0. The van der Waals surface area contributed by atoms with Gasteiger partial charge in [-0.05, 0) is 51.4 Å². The zero-order valence-corrected chi connectivity index (χ0v) is 16.8. The maximum Gasteiger partial charge on any atom is 0.249 e. The molecule has 0 aliphatic heterocycles. The molecule has 0 aromatic carbocycles. The van der Waals surface area contributed by atoms with Crippen LogP contribution in [0.3, 0.4) is 0 Å². The Morgan fingerprint density at radius 3 is 0.962 bits per heavy atom. The Bertz CT molecular complexity index is 310. The van der Waals surface area contributed by atoms with Crippen LogP contribution in [0.2, 0.25) is 0 Å². The molecule has 0 aromatic rings. The fourth-order valence-electron chi connectivity index (χ4n) is 3.36. The van der Waals surface area contributed by atoms with Gasteiger partial charge in [0.05, 0.1) is 40.3 Å². The lowest BCUT2D eigenvalue weighted by Gasteiger charge is -2.24. The summed E-state index contributed by atoms with van der Waals surface area (Å²) in [5, 5.41) is 30.6. The molecule has 0 unspecified atom stereocenters. The van der Waals surface area contributed by atoms with Crippen LogP contribution >= 0.6 is 0 Å². The second-order valence-corrected chi connectivity index (χ2v) is 7.36. The minimum atomic E-state index is -2.08. The average molecular weight is 379 g/mol. The first kappa shape index (κ1) is 26.7. The van der Waals surface area contributed by atoms with Crippen LogP contribution in [-0.2, 0) is 0 Å². The molecule has 8 nitrogen and oxygen atoms in total. The van der Waals surface area contributed by atoms with Crippen LogP contribution in [0.4, 0.5) is 9.59 Å². The monoisotopic (exact) mass is 378 g/mol. The Hall–Kier alpha value is -1.54. The summed E-state index contributed by atoms with van der Waals surface area (Å²) in [4.78, 5) is 20.2. The quantitative estimate of drug-likeness (QED) is 0.473. The van der Waals surface area contributed by atoms with Crippen molar-refractivity contribution in [1.82, 2.24) is 0 Å². The molecule has 0 heterocycles. The molecule has 2 saturated carbocycles. The van der Waals surface area contributed by atoms with Gasteiger partial charge in [0.2, 0.25) is 12.3 Å². The average Bonchev–Trinajstić information content (AvgIpc) is 2.56. The highest BCUT2D eigenvalue weighted by Gasteiger charge is 2.18. The Balaban J connectivity index is 0. The number of carbonyl (C=O) groups is 2. The minimum absolute atomic E-state index is 0.971. The van der Waals surface area contributed by atoms with E-state index >= 15 is 0 Å². The van der Waals surface area contributed by atoms with E-state index in [9.17, 15) is 0 Å². The highest BCUT2D eigenvalue weighted by atomic mass is 16.6. The van der Waals surface area contributed by atoms with Crippen LogP contribution in [-0.4, -0.2) is 62.8 Å². The lowest BCUT2D eigenvalue weighted by Crippen LogP contribution is -3.10. The van der Waals surface area contributed by atoms with Crippen LogP contribution in [0.15, 0.2) is 0 Å². The van der Waals surface area contributed by atoms with Gasteiger partial charge in [0.1, 0.15) is 0 Å². The third-order valence-electron chi connectivity index (χ3n) is 4.84. The molecule has 0 amide bonds. The molecule has 0 radical (unpaired) electrons. The summed E-state index contributed by atoms with van der Waals surface area (Å²) in [5.74, 6) is 0. The number of rotatable bonds is 2. The topological polar surface area (TPSA) is 130 Å². The summed E-state index contributed by atoms with van der Waals surface area (Å²) < 4.78 is 0. The van der Waals surface area contributed by atoms with Crippen molar-refractivity contribution < 1.29 is 39.8 Å². The summed E-state index contributed by atoms with van der Waals surface area (Å²) in [6.45, 7) is 0. The number of nitrogens with one attached hydrogen (secondary N) is 2. The first-order valence-electron chi connectivity index (χ1n) is 9.47. The molecule has 0 saturated heterocycles. The summed E-state index contributed by atoms with van der Waals surface area (Å²) in [6.07, 6.45) is 10.5. The molecule has 0 bridgehead atoms. The first-order chi connectivity index (χ1) is 12.1.